The monoisotopic (exact) mass is 742 g/mol. The minimum absolute atomic E-state index is 0.307. The molecule has 0 radical (unpaired) electrons. The summed E-state index contributed by atoms with van der Waals surface area (Å²) in [6.45, 7) is 3.56. The summed E-state index contributed by atoms with van der Waals surface area (Å²) in [7, 11) is 0. The maximum absolute atomic E-state index is 13.0. The van der Waals surface area contributed by atoms with Gasteiger partial charge in [0.15, 0.2) is 6.29 Å². The summed E-state index contributed by atoms with van der Waals surface area (Å²) in [4.78, 5) is 13.0. The number of allylic oxidation sites excluding steroid dienone is 3. The standard InChI is InChI=1S/C42H79NO9/c1-3-5-7-9-11-13-15-17-19-21-23-25-27-29-31-36(46)41(50)43-34(33-51-42-40(49)39(48)38(47)37(32-44)52-42)35(45)30-28-26-24-22-20-18-16-14-12-10-8-6-4-2/h20,22,28,30,34-40,42,44-49H,3-19,21,23-27,29,31-33H2,1-2H3,(H,43,50)/b22-20-,30-28+/t34-,35+,36+,37+,38+,39?,40?,42+/m0/s1. The molecule has 2 unspecified atom stereocenters. The molecule has 10 nitrogen and oxygen atoms in total. The van der Waals surface area contributed by atoms with Gasteiger partial charge in [-0.1, -0.05) is 167 Å². The molecule has 1 fully saturated rings. The molecule has 1 heterocycles. The number of carbonyl (C=O) groups excluding carboxylic acids is 1. The Bertz CT molecular complexity index is 886. The highest BCUT2D eigenvalue weighted by atomic mass is 16.7. The maximum atomic E-state index is 13.0. The highest BCUT2D eigenvalue weighted by Crippen LogP contribution is 2.22. The summed E-state index contributed by atoms with van der Waals surface area (Å²) >= 11 is 0. The number of unbranched alkanes of at least 4 members (excludes halogenated alkanes) is 21. The van der Waals surface area contributed by atoms with Crippen LogP contribution in [0.2, 0.25) is 0 Å². The van der Waals surface area contributed by atoms with Crippen LogP contribution in [-0.4, -0.2) is 98.7 Å². The number of hydrogen-bond donors (Lipinski definition) is 7. The van der Waals surface area contributed by atoms with E-state index in [1.807, 2.05) is 6.08 Å². The Hall–Kier alpha value is -1.37. The van der Waals surface area contributed by atoms with Gasteiger partial charge in [-0.15, -0.1) is 0 Å². The van der Waals surface area contributed by atoms with Crippen LogP contribution in [0.15, 0.2) is 24.3 Å². The Balaban J connectivity index is 2.50. The molecule has 306 valence electrons. The Morgan fingerprint density at radius 1 is 0.654 bits per heavy atom. The average molecular weight is 742 g/mol. The predicted molar refractivity (Wildman–Crippen MR) is 209 cm³/mol. The number of ether oxygens (including phenoxy) is 2. The van der Waals surface area contributed by atoms with Crippen LogP contribution < -0.4 is 5.32 Å². The second-order valence-corrected chi connectivity index (χ2v) is 14.9. The van der Waals surface area contributed by atoms with Gasteiger partial charge in [-0.2, -0.15) is 0 Å². The molecule has 0 aromatic heterocycles. The van der Waals surface area contributed by atoms with Crippen LogP contribution >= 0.6 is 0 Å². The van der Waals surface area contributed by atoms with Crippen LogP contribution in [0.1, 0.15) is 174 Å². The first-order valence-electron chi connectivity index (χ1n) is 21.2. The fraction of sp³-hybridized carbons (Fsp3) is 0.881. The van der Waals surface area contributed by atoms with E-state index in [0.717, 1.165) is 32.1 Å². The summed E-state index contributed by atoms with van der Waals surface area (Å²) in [6.07, 6.45) is 26.9. The summed E-state index contributed by atoms with van der Waals surface area (Å²) in [6, 6.07) is -0.991. The molecule has 0 bridgehead atoms. The quantitative estimate of drug-likeness (QED) is 0.0274. The number of carbonyl (C=O) groups is 1. The van der Waals surface area contributed by atoms with Crippen LogP contribution in [0.5, 0.6) is 0 Å². The van der Waals surface area contributed by atoms with Crippen LogP contribution in [-0.2, 0) is 14.3 Å². The molecule has 7 N–H and O–H groups in total. The van der Waals surface area contributed by atoms with Gasteiger partial charge in [-0.05, 0) is 32.1 Å². The zero-order valence-electron chi connectivity index (χ0n) is 32.9. The zero-order chi connectivity index (χ0) is 38.2. The predicted octanol–water partition coefficient (Wildman–Crippen LogP) is 6.91. The lowest BCUT2D eigenvalue weighted by atomic mass is 9.99. The van der Waals surface area contributed by atoms with E-state index in [4.69, 9.17) is 9.47 Å². The molecule has 0 aliphatic carbocycles. The molecule has 0 aromatic rings. The third-order valence-electron chi connectivity index (χ3n) is 10.1. The van der Waals surface area contributed by atoms with E-state index in [2.05, 4.69) is 31.3 Å². The molecule has 1 aliphatic rings. The number of aliphatic hydroxyl groups excluding tert-OH is 6. The van der Waals surface area contributed by atoms with Gasteiger partial charge in [-0.25, -0.2) is 0 Å². The van der Waals surface area contributed by atoms with E-state index in [-0.39, 0.29) is 6.61 Å². The van der Waals surface area contributed by atoms with Gasteiger partial charge in [0.1, 0.15) is 30.5 Å². The smallest absolute Gasteiger partial charge is 0.249 e. The van der Waals surface area contributed by atoms with E-state index in [1.54, 1.807) is 6.08 Å². The van der Waals surface area contributed by atoms with Crippen molar-refractivity contribution in [2.75, 3.05) is 13.2 Å². The molecule has 1 rings (SSSR count). The summed E-state index contributed by atoms with van der Waals surface area (Å²) in [5, 5.41) is 64.4. The molecule has 1 aliphatic heterocycles. The SMILES string of the molecule is CCCCCCCCC/C=C\CC/C=C/[C@@H](O)[C@H](CO[C@@H]1O[C@H](CO)[C@@H](O)C(O)C1O)NC(=O)[C@H](O)CCCCCCCCCCCCCCCC. The van der Waals surface area contributed by atoms with E-state index >= 15 is 0 Å². The topological polar surface area (TPSA) is 169 Å². The largest absolute Gasteiger partial charge is 0.394 e. The minimum atomic E-state index is -1.61. The first-order valence-corrected chi connectivity index (χ1v) is 21.2. The molecule has 0 spiro atoms. The van der Waals surface area contributed by atoms with E-state index in [1.165, 1.54) is 109 Å². The van der Waals surface area contributed by atoms with Crippen LogP contribution in [0.4, 0.5) is 0 Å². The second kappa shape index (κ2) is 33.0. The minimum Gasteiger partial charge on any atom is -0.394 e. The van der Waals surface area contributed by atoms with Gasteiger partial charge in [-0.3, -0.25) is 4.79 Å². The molecule has 10 heteroatoms. The van der Waals surface area contributed by atoms with Crippen molar-refractivity contribution < 1.29 is 44.9 Å². The van der Waals surface area contributed by atoms with Crippen LogP contribution in [0.3, 0.4) is 0 Å². The number of rotatable bonds is 34. The summed E-state index contributed by atoms with van der Waals surface area (Å²) < 4.78 is 11.1. The number of amides is 1. The van der Waals surface area contributed by atoms with Gasteiger partial charge in [0.05, 0.1) is 25.4 Å². The highest BCUT2D eigenvalue weighted by molar-refractivity contribution is 5.80. The molecule has 52 heavy (non-hydrogen) atoms. The third kappa shape index (κ3) is 23.4. The fourth-order valence-electron chi connectivity index (χ4n) is 6.59. The van der Waals surface area contributed by atoms with E-state index < -0.39 is 61.5 Å². The van der Waals surface area contributed by atoms with Crippen molar-refractivity contribution in [3.8, 4) is 0 Å². The molecule has 8 atom stereocenters. The van der Waals surface area contributed by atoms with Gasteiger partial charge in [0, 0.05) is 0 Å². The lowest BCUT2D eigenvalue weighted by molar-refractivity contribution is -0.302. The number of nitrogens with one attached hydrogen (secondary N) is 1. The van der Waals surface area contributed by atoms with Gasteiger partial charge in [0.25, 0.3) is 0 Å². The number of aliphatic hydroxyl groups is 6. The molecule has 1 amide bonds. The van der Waals surface area contributed by atoms with Crippen molar-refractivity contribution >= 4 is 5.91 Å². The lowest BCUT2D eigenvalue weighted by Crippen LogP contribution is -2.60. The van der Waals surface area contributed by atoms with Gasteiger partial charge < -0.3 is 45.4 Å². The Kier molecular flexibility index (Phi) is 30.9. The van der Waals surface area contributed by atoms with Crippen molar-refractivity contribution in [3.63, 3.8) is 0 Å². The highest BCUT2D eigenvalue weighted by Gasteiger charge is 2.44. The molecule has 0 aromatic carbocycles. The molecule has 0 saturated carbocycles. The summed E-state index contributed by atoms with van der Waals surface area (Å²) in [5.74, 6) is -0.627. The molecular weight excluding hydrogens is 662 g/mol. The van der Waals surface area contributed by atoms with Crippen molar-refractivity contribution in [2.24, 2.45) is 0 Å². The Morgan fingerprint density at radius 2 is 1.13 bits per heavy atom. The Morgan fingerprint density at radius 3 is 1.67 bits per heavy atom. The van der Waals surface area contributed by atoms with E-state index in [0.29, 0.717) is 19.3 Å². The summed E-state index contributed by atoms with van der Waals surface area (Å²) in [5.41, 5.74) is 0. The van der Waals surface area contributed by atoms with Crippen molar-refractivity contribution in [1.82, 2.24) is 5.32 Å². The van der Waals surface area contributed by atoms with Crippen molar-refractivity contribution in [3.05, 3.63) is 24.3 Å². The Labute approximate surface area is 316 Å². The van der Waals surface area contributed by atoms with Crippen molar-refractivity contribution in [2.45, 2.75) is 223 Å². The lowest BCUT2D eigenvalue weighted by Gasteiger charge is -2.40. The average Bonchev–Trinajstić information content (AvgIpc) is 3.14. The maximum Gasteiger partial charge on any atom is 0.249 e. The van der Waals surface area contributed by atoms with Crippen LogP contribution in [0.25, 0.3) is 0 Å². The normalized spacial score (nSPS) is 22.7. The molecular formula is C42H79NO9. The zero-order valence-corrected chi connectivity index (χ0v) is 32.9. The number of hydrogen-bond acceptors (Lipinski definition) is 9. The van der Waals surface area contributed by atoms with Crippen molar-refractivity contribution in [1.29, 1.82) is 0 Å². The molecule has 1 saturated heterocycles. The van der Waals surface area contributed by atoms with Gasteiger partial charge in [0.2, 0.25) is 5.91 Å². The first-order chi connectivity index (χ1) is 25.3. The van der Waals surface area contributed by atoms with Crippen LogP contribution in [0, 0.1) is 0 Å². The fourth-order valence-corrected chi connectivity index (χ4v) is 6.59. The van der Waals surface area contributed by atoms with E-state index in [9.17, 15) is 35.4 Å². The first kappa shape index (κ1) is 48.6. The second-order valence-electron chi connectivity index (χ2n) is 14.9. The van der Waals surface area contributed by atoms with Gasteiger partial charge >= 0.3 is 0 Å². The third-order valence-corrected chi connectivity index (χ3v) is 10.1.